The van der Waals surface area contributed by atoms with E-state index in [4.69, 9.17) is 11.6 Å². The predicted octanol–water partition coefficient (Wildman–Crippen LogP) is 5.27. The van der Waals surface area contributed by atoms with E-state index in [1.807, 2.05) is 0 Å². The zero-order valence-corrected chi connectivity index (χ0v) is 14.1. The molecule has 98 valence electrons. The van der Waals surface area contributed by atoms with E-state index in [2.05, 4.69) is 38.5 Å². The number of carbonyl (C=O) groups excluding carboxylic acids is 1. The molecule has 5 heteroatoms. The van der Waals surface area contributed by atoms with Gasteiger partial charge in [0, 0.05) is 20.0 Å². The second-order valence-corrected chi connectivity index (χ2v) is 6.45. The Morgan fingerprint density at radius 1 is 1.26 bits per heavy atom. The Morgan fingerprint density at radius 3 is 2.63 bits per heavy atom. The van der Waals surface area contributed by atoms with Gasteiger partial charge in [0.25, 0.3) is 0 Å². The Labute approximate surface area is 137 Å². The van der Waals surface area contributed by atoms with Crippen LogP contribution in [-0.4, -0.2) is 5.78 Å². The molecule has 0 radical (unpaired) electrons. The third kappa shape index (κ3) is 3.77. The molecule has 0 saturated heterocycles. The van der Waals surface area contributed by atoms with Crippen molar-refractivity contribution in [1.82, 2.24) is 0 Å². The monoisotopic (exact) mass is 452 g/mol. The first-order valence-electron chi connectivity index (χ1n) is 5.39. The molecule has 0 heterocycles. The number of rotatable bonds is 3. The van der Waals surface area contributed by atoms with E-state index in [0.717, 1.165) is 3.57 Å². The van der Waals surface area contributed by atoms with Crippen molar-refractivity contribution < 1.29 is 9.18 Å². The zero-order chi connectivity index (χ0) is 14.0. The first-order chi connectivity index (χ1) is 8.97. The summed E-state index contributed by atoms with van der Waals surface area (Å²) >= 11 is 11.2. The standard InChI is InChI=1S/C14H8BrClFIO/c15-10-3-1-8(12(17)7-10)6-14(19)9-2-4-13(18)11(16)5-9/h1-5,7H,6H2. The van der Waals surface area contributed by atoms with Gasteiger partial charge >= 0.3 is 0 Å². The van der Waals surface area contributed by atoms with Crippen LogP contribution >= 0.6 is 50.1 Å². The fraction of sp³-hybridized carbons (Fsp3) is 0.0714. The molecule has 0 spiro atoms. The van der Waals surface area contributed by atoms with Crippen LogP contribution in [0.3, 0.4) is 0 Å². The minimum atomic E-state index is -0.390. The van der Waals surface area contributed by atoms with E-state index in [-0.39, 0.29) is 18.0 Å². The van der Waals surface area contributed by atoms with Gasteiger partial charge in [-0.3, -0.25) is 4.79 Å². The molecule has 0 saturated carbocycles. The quantitative estimate of drug-likeness (QED) is 0.457. The molecule has 0 unspecified atom stereocenters. The lowest BCUT2D eigenvalue weighted by Crippen LogP contribution is -2.05. The Morgan fingerprint density at radius 2 is 2.00 bits per heavy atom. The summed E-state index contributed by atoms with van der Waals surface area (Å²) in [7, 11) is 0. The Bertz CT molecular complexity index is 645. The number of hydrogen-bond donors (Lipinski definition) is 0. The summed E-state index contributed by atoms with van der Waals surface area (Å²) in [5, 5.41) is 0.530. The molecular formula is C14H8BrClFIO. The van der Waals surface area contributed by atoms with Gasteiger partial charge in [-0.25, -0.2) is 4.39 Å². The molecule has 1 nitrogen and oxygen atoms in total. The van der Waals surface area contributed by atoms with Gasteiger partial charge in [0.2, 0.25) is 0 Å². The summed E-state index contributed by atoms with van der Waals surface area (Å²) in [6.45, 7) is 0. The van der Waals surface area contributed by atoms with Crippen molar-refractivity contribution in [3.8, 4) is 0 Å². The highest BCUT2D eigenvalue weighted by Gasteiger charge is 2.12. The average molecular weight is 453 g/mol. The molecule has 0 bridgehead atoms. The summed E-state index contributed by atoms with van der Waals surface area (Å²) < 4.78 is 15.2. The van der Waals surface area contributed by atoms with Gasteiger partial charge in [-0.15, -0.1) is 0 Å². The maximum atomic E-state index is 13.7. The van der Waals surface area contributed by atoms with Crippen LogP contribution in [0.2, 0.25) is 5.02 Å². The van der Waals surface area contributed by atoms with E-state index in [1.54, 1.807) is 30.3 Å². The first kappa shape index (κ1) is 14.9. The fourth-order valence-electron chi connectivity index (χ4n) is 1.61. The Balaban J connectivity index is 2.23. The van der Waals surface area contributed by atoms with Crippen molar-refractivity contribution in [2.24, 2.45) is 0 Å². The summed E-state index contributed by atoms with van der Waals surface area (Å²) in [4.78, 5) is 12.1. The van der Waals surface area contributed by atoms with Gasteiger partial charge in [-0.1, -0.05) is 39.7 Å². The Kier molecular flexibility index (Phi) is 4.97. The maximum Gasteiger partial charge on any atom is 0.167 e. The van der Waals surface area contributed by atoms with E-state index >= 15 is 0 Å². The van der Waals surface area contributed by atoms with Crippen molar-refractivity contribution in [1.29, 1.82) is 0 Å². The van der Waals surface area contributed by atoms with Gasteiger partial charge in [-0.2, -0.15) is 0 Å². The van der Waals surface area contributed by atoms with Crippen molar-refractivity contribution in [2.75, 3.05) is 0 Å². The molecule has 0 fully saturated rings. The molecule has 0 N–H and O–H groups in total. The largest absolute Gasteiger partial charge is 0.294 e. The lowest BCUT2D eigenvalue weighted by Gasteiger charge is -2.05. The normalized spacial score (nSPS) is 10.5. The molecule has 19 heavy (non-hydrogen) atoms. The topological polar surface area (TPSA) is 17.1 Å². The highest BCUT2D eigenvalue weighted by atomic mass is 127. The molecule has 0 aliphatic carbocycles. The first-order valence-corrected chi connectivity index (χ1v) is 7.64. The number of benzene rings is 2. The van der Waals surface area contributed by atoms with Crippen LogP contribution in [-0.2, 0) is 6.42 Å². The van der Waals surface area contributed by atoms with Crippen LogP contribution in [0.4, 0.5) is 4.39 Å². The molecule has 2 aromatic rings. The summed E-state index contributed by atoms with van der Waals surface area (Å²) in [5.41, 5.74) is 0.871. The van der Waals surface area contributed by atoms with Crippen LogP contribution in [0, 0.1) is 9.39 Å². The van der Waals surface area contributed by atoms with Gasteiger partial charge in [0.1, 0.15) is 5.82 Å². The van der Waals surface area contributed by atoms with E-state index in [9.17, 15) is 9.18 Å². The van der Waals surface area contributed by atoms with Gasteiger partial charge in [0.15, 0.2) is 5.78 Å². The minimum absolute atomic E-state index is 0.0238. The molecule has 2 rings (SSSR count). The zero-order valence-electron chi connectivity index (χ0n) is 9.59. The predicted molar refractivity (Wildman–Crippen MR) is 86.3 cm³/mol. The van der Waals surface area contributed by atoms with Crippen LogP contribution < -0.4 is 0 Å². The number of ketones is 1. The fourth-order valence-corrected chi connectivity index (χ4v) is 2.46. The molecule has 0 aliphatic rings. The van der Waals surface area contributed by atoms with Crippen molar-refractivity contribution >= 4 is 55.9 Å². The van der Waals surface area contributed by atoms with Crippen molar-refractivity contribution in [2.45, 2.75) is 6.42 Å². The average Bonchev–Trinajstić information content (AvgIpc) is 2.36. The Hall–Kier alpha value is -0.460. The summed E-state index contributed by atoms with van der Waals surface area (Å²) in [6, 6.07) is 9.75. The smallest absolute Gasteiger partial charge is 0.167 e. The van der Waals surface area contributed by atoms with Crippen LogP contribution in [0.1, 0.15) is 15.9 Å². The molecular weight excluding hydrogens is 445 g/mol. The van der Waals surface area contributed by atoms with Gasteiger partial charge in [0.05, 0.1) is 5.02 Å². The maximum absolute atomic E-state index is 13.7. The van der Waals surface area contributed by atoms with Crippen molar-refractivity contribution in [3.05, 3.63) is 66.4 Å². The van der Waals surface area contributed by atoms with E-state index in [0.29, 0.717) is 20.6 Å². The number of hydrogen-bond acceptors (Lipinski definition) is 1. The number of halogens is 4. The van der Waals surface area contributed by atoms with E-state index < -0.39 is 0 Å². The van der Waals surface area contributed by atoms with Crippen molar-refractivity contribution in [3.63, 3.8) is 0 Å². The van der Waals surface area contributed by atoms with Crippen LogP contribution in [0.25, 0.3) is 0 Å². The molecule has 0 aliphatic heterocycles. The number of Topliss-reactive ketones (excluding diaryl/α,β-unsaturated/α-hetero) is 1. The molecule has 0 aromatic heterocycles. The third-order valence-electron chi connectivity index (χ3n) is 2.61. The van der Waals surface area contributed by atoms with Gasteiger partial charge < -0.3 is 0 Å². The van der Waals surface area contributed by atoms with Crippen LogP contribution in [0.15, 0.2) is 40.9 Å². The minimum Gasteiger partial charge on any atom is -0.294 e. The van der Waals surface area contributed by atoms with Crippen LogP contribution in [0.5, 0.6) is 0 Å². The van der Waals surface area contributed by atoms with E-state index in [1.165, 1.54) is 6.07 Å². The number of carbonyl (C=O) groups is 1. The molecule has 2 aromatic carbocycles. The SMILES string of the molecule is O=C(Cc1ccc(Br)cc1F)c1ccc(I)c(Cl)c1. The highest BCUT2D eigenvalue weighted by molar-refractivity contribution is 14.1. The summed E-state index contributed by atoms with van der Waals surface area (Å²) in [6.07, 6.45) is 0.0238. The highest BCUT2D eigenvalue weighted by Crippen LogP contribution is 2.21. The molecule has 0 atom stereocenters. The lowest BCUT2D eigenvalue weighted by atomic mass is 10.0. The third-order valence-corrected chi connectivity index (χ3v) is 4.67. The second-order valence-electron chi connectivity index (χ2n) is 3.96. The van der Waals surface area contributed by atoms with Gasteiger partial charge in [-0.05, 0) is 52.4 Å². The lowest BCUT2D eigenvalue weighted by molar-refractivity contribution is 0.0992. The summed E-state index contributed by atoms with van der Waals surface area (Å²) in [5.74, 6) is -0.543. The second kappa shape index (κ2) is 6.33. The molecule has 0 amide bonds.